The van der Waals surface area contributed by atoms with E-state index in [1.807, 2.05) is 32.2 Å². The van der Waals surface area contributed by atoms with Crippen molar-refractivity contribution in [3.05, 3.63) is 56.3 Å². The fourth-order valence-corrected chi connectivity index (χ4v) is 4.17. The summed E-state index contributed by atoms with van der Waals surface area (Å²) in [5.41, 5.74) is 6.95. The first-order valence-electron chi connectivity index (χ1n) is 8.94. The van der Waals surface area contributed by atoms with Gasteiger partial charge in [-0.3, -0.25) is 15.0 Å². The Kier molecular flexibility index (Phi) is 4.46. The second kappa shape index (κ2) is 6.83. The van der Waals surface area contributed by atoms with Gasteiger partial charge in [0.1, 0.15) is 10.7 Å². The van der Waals surface area contributed by atoms with Crippen LogP contribution in [0.4, 0.5) is 0 Å². The molecule has 0 atom stereocenters. The molecule has 0 aliphatic rings. The minimum Gasteiger partial charge on any atom is -0.273 e. The number of carbonyl (C=O) groups is 1. The molecule has 0 saturated carbocycles. The fourth-order valence-electron chi connectivity index (χ4n) is 3.37. The van der Waals surface area contributed by atoms with Crippen LogP contribution in [0.1, 0.15) is 34.9 Å². The van der Waals surface area contributed by atoms with Crippen LogP contribution in [0.15, 0.2) is 22.3 Å². The van der Waals surface area contributed by atoms with Crippen LogP contribution in [0.3, 0.4) is 0 Å². The number of rotatable bonds is 4. The van der Waals surface area contributed by atoms with Gasteiger partial charge >= 0.3 is 0 Å². The molecule has 28 heavy (non-hydrogen) atoms. The molecule has 144 valence electrons. The molecule has 4 aromatic rings. The number of carbonyl (C=O) groups excluding carboxylic acids is 1. The summed E-state index contributed by atoms with van der Waals surface area (Å²) in [6, 6.07) is 3.65. The number of amides is 1. The molecule has 0 fully saturated rings. The molecule has 0 aliphatic carbocycles. The van der Waals surface area contributed by atoms with Crippen molar-refractivity contribution in [2.75, 3.05) is 5.43 Å². The largest absolute Gasteiger partial charge is 0.281 e. The van der Waals surface area contributed by atoms with E-state index in [-0.39, 0.29) is 17.9 Å². The first-order chi connectivity index (χ1) is 13.3. The number of nitrogens with one attached hydrogen (secondary N) is 1. The lowest BCUT2D eigenvalue weighted by atomic mass is 10.1. The first kappa shape index (κ1) is 18.3. The Hall–Kier alpha value is -3.07. The number of fused-ring (bicyclic) bond motifs is 2. The van der Waals surface area contributed by atoms with Crippen molar-refractivity contribution in [2.45, 2.75) is 40.5 Å². The Labute approximate surface area is 164 Å². The zero-order valence-electron chi connectivity index (χ0n) is 16.1. The molecule has 0 aliphatic heterocycles. The molecule has 0 saturated heterocycles. The van der Waals surface area contributed by atoms with Crippen molar-refractivity contribution in [3.63, 3.8) is 0 Å². The summed E-state index contributed by atoms with van der Waals surface area (Å²) in [7, 11) is 0. The number of nitrogens with zero attached hydrogens (tertiary/aromatic N) is 5. The van der Waals surface area contributed by atoms with Gasteiger partial charge < -0.3 is 0 Å². The van der Waals surface area contributed by atoms with Gasteiger partial charge in [-0.05, 0) is 51.1 Å². The molecule has 9 heteroatoms. The summed E-state index contributed by atoms with van der Waals surface area (Å²) in [5, 5.41) is 6.78. The Morgan fingerprint density at radius 2 is 2.00 bits per heavy atom. The molecule has 0 spiro atoms. The van der Waals surface area contributed by atoms with E-state index in [1.165, 1.54) is 16.0 Å². The maximum absolute atomic E-state index is 12.6. The number of aromatic nitrogens is 5. The molecule has 4 heterocycles. The Morgan fingerprint density at radius 1 is 1.21 bits per heavy atom. The van der Waals surface area contributed by atoms with Gasteiger partial charge in [0.25, 0.3) is 5.56 Å². The van der Waals surface area contributed by atoms with Gasteiger partial charge in [-0.25, -0.2) is 19.2 Å². The van der Waals surface area contributed by atoms with Gasteiger partial charge in [0.15, 0.2) is 5.65 Å². The zero-order chi connectivity index (χ0) is 20.0. The van der Waals surface area contributed by atoms with Gasteiger partial charge in [0.2, 0.25) is 5.91 Å². The van der Waals surface area contributed by atoms with Crippen molar-refractivity contribution >= 4 is 33.1 Å². The summed E-state index contributed by atoms with van der Waals surface area (Å²) < 4.78 is 3.02. The lowest BCUT2D eigenvalue weighted by Crippen LogP contribution is -2.35. The smallest absolute Gasteiger partial charge is 0.273 e. The van der Waals surface area contributed by atoms with E-state index in [0.29, 0.717) is 22.5 Å². The third-order valence-electron chi connectivity index (χ3n) is 4.79. The van der Waals surface area contributed by atoms with Crippen LogP contribution < -0.4 is 11.0 Å². The Morgan fingerprint density at radius 3 is 2.79 bits per heavy atom. The molecule has 0 unspecified atom stereocenters. The van der Waals surface area contributed by atoms with Gasteiger partial charge in [-0.1, -0.05) is 0 Å². The number of hydrogen-bond donors (Lipinski definition) is 1. The number of thiophene rings is 1. The molecule has 0 radical (unpaired) electrons. The summed E-state index contributed by atoms with van der Waals surface area (Å²) in [6.07, 6.45) is 0.732. The summed E-state index contributed by atoms with van der Waals surface area (Å²) in [5.74, 6) is 0.202. The molecule has 1 N–H and O–H groups in total. The van der Waals surface area contributed by atoms with Gasteiger partial charge in [-0.15, -0.1) is 11.3 Å². The molecule has 4 aromatic heterocycles. The van der Waals surface area contributed by atoms with Crippen LogP contribution in [0.5, 0.6) is 0 Å². The predicted molar refractivity (Wildman–Crippen MR) is 109 cm³/mol. The Bertz CT molecular complexity index is 1280. The number of aryl methyl sites for hydroxylation is 4. The van der Waals surface area contributed by atoms with E-state index >= 15 is 0 Å². The molecular formula is C19H20N6O2S. The average molecular weight is 396 g/mol. The predicted octanol–water partition coefficient (Wildman–Crippen LogP) is 2.44. The maximum atomic E-state index is 12.6. The third-order valence-corrected chi connectivity index (χ3v) is 5.60. The molecule has 1 amide bonds. The van der Waals surface area contributed by atoms with Crippen molar-refractivity contribution in [2.24, 2.45) is 0 Å². The van der Waals surface area contributed by atoms with Crippen LogP contribution >= 0.6 is 11.3 Å². The Balaban J connectivity index is 1.56. The van der Waals surface area contributed by atoms with Crippen LogP contribution in [-0.4, -0.2) is 30.2 Å². The minimum absolute atomic E-state index is 0.225. The van der Waals surface area contributed by atoms with Crippen molar-refractivity contribution in [1.29, 1.82) is 0 Å². The lowest BCUT2D eigenvalue weighted by Gasteiger charge is -2.13. The van der Waals surface area contributed by atoms with Crippen molar-refractivity contribution in [3.8, 4) is 0 Å². The minimum atomic E-state index is -0.264. The highest BCUT2D eigenvalue weighted by atomic mass is 32.1. The van der Waals surface area contributed by atoms with E-state index in [0.717, 1.165) is 28.3 Å². The maximum Gasteiger partial charge on any atom is 0.281 e. The van der Waals surface area contributed by atoms with E-state index in [2.05, 4.69) is 20.5 Å². The molecule has 8 nitrogen and oxygen atoms in total. The van der Waals surface area contributed by atoms with E-state index in [4.69, 9.17) is 0 Å². The van der Waals surface area contributed by atoms with Crippen LogP contribution in [-0.2, 0) is 11.2 Å². The topological polar surface area (TPSA) is 94.2 Å². The summed E-state index contributed by atoms with van der Waals surface area (Å²) in [6.45, 7) is 7.54. The highest BCUT2D eigenvalue weighted by molar-refractivity contribution is 7.16. The van der Waals surface area contributed by atoms with Crippen LogP contribution in [0.25, 0.3) is 15.9 Å². The second-order valence-electron chi connectivity index (χ2n) is 6.79. The standard InChI is InChI=1S/C19H20N6O2S/c1-10-9-16-20-11(2)14(12(3)24(16)22-10)5-6-17(26)23-25-13(4)21-18-15(19(25)27)7-8-28-18/h7-9H,5-6H2,1-4H3,(H,23,26). The zero-order valence-corrected chi connectivity index (χ0v) is 16.9. The summed E-state index contributed by atoms with van der Waals surface area (Å²) in [4.78, 5) is 34.7. The monoisotopic (exact) mass is 396 g/mol. The highest BCUT2D eigenvalue weighted by Crippen LogP contribution is 2.17. The lowest BCUT2D eigenvalue weighted by molar-refractivity contribution is -0.117. The van der Waals surface area contributed by atoms with Crippen LogP contribution in [0.2, 0.25) is 0 Å². The third kappa shape index (κ3) is 3.07. The van der Waals surface area contributed by atoms with Crippen LogP contribution in [0, 0.1) is 27.7 Å². The molecule has 4 rings (SSSR count). The SMILES string of the molecule is Cc1cc2nc(C)c(CCC(=O)Nn3c(C)nc4sccc4c3=O)c(C)n2n1. The normalized spacial score (nSPS) is 11.4. The van der Waals surface area contributed by atoms with Crippen molar-refractivity contribution < 1.29 is 4.79 Å². The highest BCUT2D eigenvalue weighted by Gasteiger charge is 2.15. The average Bonchev–Trinajstić information content (AvgIpc) is 3.24. The summed E-state index contributed by atoms with van der Waals surface area (Å²) >= 11 is 1.40. The van der Waals surface area contributed by atoms with Crippen molar-refractivity contribution in [1.82, 2.24) is 24.3 Å². The second-order valence-corrected chi connectivity index (χ2v) is 7.69. The molecule has 0 aromatic carbocycles. The van der Waals surface area contributed by atoms with Gasteiger partial charge in [0, 0.05) is 23.9 Å². The first-order valence-corrected chi connectivity index (χ1v) is 9.82. The molecule has 0 bridgehead atoms. The quantitative estimate of drug-likeness (QED) is 0.572. The van der Waals surface area contributed by atoms with Gasteiger partial charge in [0.05, 0.1) is 11.1 Å². The number of hydrogen-bond acceptors (Lipinski definition) is 6. The van der Waals surface area contributed by atoms with E-state index in [1.54, 1.807) is 17.5 Å². The fraction of sp³-hybridized carbons (Fsp3) is 0.316. The van der Waals surface area contributed by atoms with E-state index in [9.17, 15) is 9.59 Å². The molecular weight excluding hydrogens is 376 g/mol. The van der Waals surface area contributed by atoms with Gasteiger partial charge in [-0.2, -0.15) is 5.10 Å². The van der Waals surface area contributed by atoms with E-state index < -0.39 is 0 Å².